The third-order valence-corrected chi connectivity index (χ3v) is 4.51. The van der Waals surface area contributed by atoms with Gasteiger partial charge in [0.1, 0.15) is 5.25 Å². The number of para-hydroxylation sites is 1. The summed E-state index contributed by atoms with van der Waals surface area (Å²) in [6, 6.07) is 7.26. The summed E-state index contributed by atoms with van der Waals surface area (Å²) in [4.78, 5) is 28.5. The zero-order chi connectivity index (χ0) is 14.1. The zero-order valence-corrected chi connectivity index (χ0v) is 11.9. The van der Waals surface area contributed by atoms with E-state index in [-0.39, 0.29) is 16.8 Å². The fourth-order valence-corrected chi connectivity index (χ4v) is 3.35. The van der Waals surface area contributed by atoms with Crippen molar-refractivity contribution in [3.8, 4) is 0 Å². The van der Waals surface area contributed by atoms with Gasteiger partial charge in [0.25, 0.3) is 5.56 Å². The van der Waals surface area contributed by atoms with Gasteiger partial charge in [-0.15, -0.1) is 0 Å². The Hall–Kier alpha value is -1.82. The van der Waals surface area contributed by atoms with Crippen molar-refractivity contribution in [2.75, 3.05) is 6.61 Å². The maximum absolute atomic E-state index is 12.4. The summed E-state index contributed by atoms with van der Waals surface area (Å²) < 4.78 is 6.56. The zero-order valence-electron chi connectivity index (χ0n) is 11.0. The average Bonchev–Trinajstić information content (AvgIpc) is 2.85. The molecule has 1 aromatic heterocycles. The molecule has 20 heavy (non-hydrogen) atoms. The van der Waals surface area contributed by atoms with E-state index in [1.165, 1.54) is 11.8 Å². The van der Waals surface area contributed by atoms with Crippen LogP contribution in [0.3, 0.4) is 0 Å². The van der Waals surface area contributed by atoms with Gasteiger partial charge in [-0.1, -0.05) is 23.9 Å². The van der Waals surface area contributed by atoms with Crippen molar-refractivity contribution in [2.45, 2.75) is 30.3 Å². The van der Waals surface area contributed by atoms with Crippen LogP contribution < -0.4 is 5.56 Å². The molecule has 0 bridgehead atoms. The number of hydrogen-bond acceptors (Lipinski definition) is 5. The molecule has 0 unspecified atom stereocenters. The molecule has 3 rings (SSSR count). The lowest BCUT2D eigenvalue weighted by Crippen LogP contribution is -2.24. The van der Waals surface area contributed by atoms with Crippen LogP contribution in [0.25, 0.3) is 10.9 Å². The fourth-order valence-electron chi connectivity index (χ4n) is 2.23. The van der Waals surface area contributed by atoms with E-state index >= 15 is 0 Å². The van der Waals surface area contributed by atoms with Crippen LogP contribution in [-0.2, 0) is 16.1 Å². The molecule has 0 aliphatic carbocycles. The predicted octanol–water partition coefficient (Wildman–Crippen LogP) is 1.82. The lowest BCUT2D eigenvalue weighted by molar-refractivity contribution is -0.137. The molecular weight excluding hydrogens is 276 g/mol. The smallest absolute Gasteiger partial charge is 0.319 e. The summed E-state index contributed by atoms with van der Waals surface area (Å²) in [5.41, 5.74) is 0.600. The first kappa shape index (κ1) is 13.2. The second kappa shape index (κ2) is 5.28. The van der Waals surface area contributed by atoms with Gasteiger partial charge in [-0.2, -0.15) is 0 Å². The molecule has 0 N–H and O–H groups in total. The number of rotatable bonds is 3. The fraction of sp³-hybridized carbons (Fsp3) is 0.357. The van der Waals surface area contributed by atoms with Gasteiger partial charge in [0.05, 0.1) is 17.5 Å². The molecule has 5 nitrogen and oxygen atoms in total. The first-order valence-corrected chi connectivity index (χ1v) is 7.41. The molecule has 6 heteroatoms. The highest BCUT2D eigenvalue weighted by Gasteiger charge is 2.29. The van der Waals surface area contributed by atoms with Crippen molar-refractivity contribution >= 4 is 28.6 Å². The highest BCUT2D eigenvalue weighted by molar-refractivity contribution is 8.00. The van der Waals surface area contributed by atoms with Crippen LogP contribution in [-0.4, -0.2) is 27.4 Å². The Morgan fingerprint density at radius 1 is 1.40 bits per heavy atom. The minimum Gasteiger partial charge on any atom is -0.465 e. The SMILES string of the molecule is CCn1c(S[C@@H]2CCOC2=O)nc2ccccc2c1=O. The molecule has 0 saturated carbocycles. The number of carbonyl (C=O) groups is 1. The maximum Gasteiger partial charge on any atom is 0.319 e. The van der Waals surface area contributed by atoms with E-state index in [0.717, 1.165) is 0 Å². The highest BCUT2D eigenvalue weighted by atomic mass is 32.2. The number of nitrogens with zero attached hydrogens (tertiary/aromatic N) is 2. The first-order chi connectivity index (χ1) is 9.70. The predicted molar refractivity (Wildman–Crippen MR) is 76.9 cm³/mol. The van der Waals surface area contributed by atoms with Crippen molar-refractivity contribution in [1.29, 1.82) is 0 Å². The van der Waals surface area contributed by atoms with Gasteiger partial charge in [-0.25, -0.2) is 4.98 Å². The third kappa shape index (κ3) is 2.20. The molecule has 1 atom stereocenters. The van der Waals surface area contributed by atoms with E-state index < -0.39 is 0 Å². The Morgan fingerprint density at radius 3 is 2.90 bits per heavy atom. The molecule has 0 radical (unpaired) electrons. The monoisotopic (exact) mass is 290 g/mol. The number of ether oxygens (including phenoxy) is 1. The van der Waals surface area contributed by atoms with E-state index in [2.05, 4.69) is 4.98 Å². The van der Waals surface area contributed by atoms with Gasteiger partial charge in [0, 0.05) is 13.0 Å². The van der Waals surface area contributed by atoms with Crippen LogP contribution in [0, 0.1) is 0 Å². The maximum atomic E-state index is 12.4. The Bertz CT molecular complexity index is 726. The van der Waals surface area contributed by atoms with Crippen molar-refractivity contribution in [1.82, 2.24) is 9.55 Å². The number of esters is 1. The number of fused-ring (bicyclic) bond motifs is 1. The van der Waals surface area contributed by atoms with Crippen LogP contribution in [0.15, 0.2) is 34.2 Å². The second-order valence-electron chi connectivity index (χ2n) is 4.52. The number of thioether (sulfide) groups is 1. The third-order valence-electron chi connectivity index (χ3n) is 3.28. The molecule has 104 valence electrons. The first-order valence-electron chi connectivity index (χ1n) is 6.53. The normalized spacial score (nSPS) is 18.4. The van der Waals surface area contributed by atoms with E-state index in [9.17, 15) is 9.59 Å². The molecule has 1 aliphatic rings. The van der Waals surface area contributed by atoms with Gasteiger partial charge in [-0.05, 0) is 19.1 Å². The van der Waals surface area contributed by atoms with Crippen molar-refractivity contribution < 1.29 is 9.53 Å². The number of carbonyl (C=O) groups excluding carboxylic acids is 1. The van der Waals surface area contributed by atoms with E-state index in [1.807, 2.05) is 25.1 Å². The standard InChI is InChI=1S/C14H14N2O3S/c1-2-16-12(17)9-5-3-4-6-10(9)15-14(16)20-11-7-8-19-13(11)18/h3-6,11H,2,7-8H2,1H3/t11-/m1/s1. The van der Waals surface area contributed by atoms with Crippen molar-refractivity contribution in [2.24, 2.45) is 0 Å². The number of cyclic esters (lactones) is 1. The molecule has 2 aromatic rings. The van der Waals surface area contributed by atoms with Gasteiger partial charge in [0.2, 0.25) is 0 Å². The minimum absolute atomic E-state index is 0.0630. The average molecular weight is 290 g/mol. The summed E-state index contributed by atoms with van der Waals surface area (Å²) in [5.74, 6) is -0.222. The molecule has 2 heterocycles. The Labute approximate surface area is 120 Å². The summed E-state index contributed by atoms with van der Waals surface area (Å²) >= 11 is 1.32. The second-order valence-corrected chi connectivity index (χ2v) is 5.69. The van der Waals surface area contributed by atoms with Crippen LogP contribution >= 0.6 is 11.8 Å². The van der Waals surface area contributed by atoms with E-state index in [4.69, 9.17) is 4.74 Å². The largest absolute Gasteiger partial charge is 0.465 e. The minimum atomic E-state index is -0.263. The summed E-state index contributed by atoms with van der Waals surface area (Å²) in [6.45, 7) is 2.87. The Balaban J connectivity index is 2.09. The topological polar surface area (TPSA) is 61.2 Å². The Kier molecular flexibility index (Phi) is 3.48. The Morgan fingerprint density at radius 2 is 2.20 bits per heavy atom. The molecular formula is C14H14N2O3S. The van der Waals surface area contributed by atoms with Gasteiger partial charge in [0.15, 0.2) is 5.16 Å². The van der Waals surface area contributed by atoms with Crippen LogP contribution in [0.2, 0.25) is 0 Å². The summed E-state index contributed by atoms with van der Waals surface area (Å²) in [5, 5.41) is 0.925. The van der Waals surface area contributed by atoms with E-state index in [0.29, 0.717) is 35.6 Å². The molecule has 0 amide bonds. The molecule has 1 aliphatic heterocycles. The van der Waals surface area contributed by atoms with Crippen molar-refractivity contribution in [3.05, 3.63) is 34.6 Å². The summed E-state index contributed by atoms with van der Waals surface area (Å²) in [7, 11) is 0. The summed E-state index contributed by atoms with van der Waals surface area (Å²) in [6.07, 6.45) is 0.663. The lowest BCUT2D eigenvalue weighted by atomic mass is 10.2. The quantitative estimate of drug-likeness (QED) is 0.637. The number of benzene rings is 1. The van der Waals surface area contributed by atoms with Gasteiger partial charge in [-0.3, -0.25) is 14.2 Å². The van der Waals surface area contributed by atoms with Gasteiger partial charge < -0.3 is 4.74 Å². The van der Waals surface area contributed by atoms with Crippen molar-refractivity contribution in [3.63, 3.8) is 0 Å². The van der Waals surface area contributed by atoms with E-state index in [1.54, 1.807) is 10.6 Å². The van der Waals surface area contributed by atoms with Gasteiger partial charge >= 0.3 is 5.97 Å². The van der Waals surface area contributed by atoms with Crippen LogP contribution in [0.1, 0.15) is 13.3 Å². The molecule has 1 aromatic carbocycles. The van der Waals surface area contributed by atoms with Crippen LogP contribution in [0.4, 0.5) is 0 Å². The lowest BCUT2D eigenvalue weighted by Gasteiger charge is -2.12. The molecule has 0 spiro atoms. The molecule has 1 saturated heterocycles. The molecule has 1 fully saturated rings. The highest BCUT2D eigenvalue weighted by Crippen LogP contribution is 2.28. The number of aromatic nitrogens is 2. The van der Waals surface area contributed by atoms with Crippen LogP contribution in [0.5, 0.6) is 0 Å². The number of hydrogen-bond donors (Lipinski definition) is 0.